The summed E-state index contributed by atoms with van der Waals surface area (Å²) in [7, 11) is 0. The first-order valence-electron chi connectivity index (χ1n) is 8.70. The molecule has 0 aliphatic heterocycles. The first-order valence-corrected chi connectivity index (χ1v) is 8.70. The lowest BCUT2D eigenvalue weighted by atomic mass is 9.89. The molecule has 1 aliphatic carbocycles. The Balaban J connectivity index is 1.76. The fraction of sp³-hybridized carbons (Fsp3) is 0.400. The lowest BCUT2D eigenvalue weighted by molar-refractivity contribution is 0.0931. The summed E-state index contributed by atoms with van der Waals surface area (Å²) in [4.78, 5) is 26.7. The Morgan fingerprint density at radius 1 is 1.17 bits per heavy atom. The summed E-state index contributed by atoms with van der Waals surface area (Å²) in [5.74, 6) is -0.223. The van der Waals surface area contributed by atoms with Crippen molar-refractivity contribution in [2.24, 2.45) is 0 Å². The second-order valence-electron chi connectivity index (χ2n) is 6.53. The predicted molar refractivity (Wildman–Crippen MR) is 94.4 cm³/mol. The van der Waals surface area contributed by atoms with Gasteiger partial charge in [0.15, 0.2) is 5.78 Å². The van der Waals surface area contributed by atoms with Gasteiger partial charge in [0.2, 0.25) is 0 Å². The average molecular weight is 324 g/mol. The van der Waals surface area contributed by atoms with Crippen molar-refractivity contribution in [3.8, 4) is 0 Å². The van der Waals surface area contributed by atoms with E-state index in [2.05, 4.69) is 35.4 Å². The van der Waals surface area contributed by atoms with E-state index in [9.17, 15) is 9.59 Å². The van der Waals surface area contributed by atoms with Gasteiger partial charge in [-0.2, -0.15) is 0 Å². The fourth-order valence-corrected chi connectivity index (χ4v) is 3.36. The lowest BCUT2D eigenvalue weighted by Gasteiger charge is -2.21. The summed E-state index contributed by atoms with van der Waals surface area (Å²) < 4.78 is 0. The van der Waals surface area contributed by atoms with Crippen molar-refractivity contribution >= 4 is 11.7 Å². The standard InChI is InChI=1S/C20H24N2O2/c1-3-18(16-9-8-14-6-4-5-7-15(14)10-16)22-20(24)19-11-17(12-21-19)13(2)23/h8-12,18,21H,3-7H2,1-2H3,(H,22,24). The summed E-state index contributed by atoms with van der Waals surface area (Å²) in [5.41, 5.74) is 4.98. The number of carbonyl (C=O) groups is 2. The van der Waals surface area contributed by atoms with Crippen LogP contribution in [0.3, 0.4) is 0 Å². The number of aryl methyl sites for hydroxylation is 2. The highest BCUT2D eigenvalue weighted by atomic mass is 16.2. The molecule has 0 saturated carbocycles. The summed E-state index contributed by atoms with van der Waals surface area (Å²) in [6.07, 6.45) is 7.21. The Hall–Kier alpha value is -2.36. The second-order valence-corrected chi connectivity index (χ2v) is 6.53. The Bertz CT molecular complexity index is 761. The van der Waals surface area contributed by atoms with E-state index in [1.165, 1.54) is 30.9 Å². The fourth-order valence-electron chi connectivity index (χ4n) is 3.36. The van der Waals surface area contributed by atoms with Crippen molar-refractivity contribution in [3.05, 3.63) is 58.4 Å². The van der Waals surface area contributed by atoms with Crippen LogP contribution < -0.4 is 5.32 Å². The monoisotopic (exact) mass is 324 g/mol. The quantitative estimate of drug-likeness (QED) is 0.817. The van der Waals surface area contributed by atoms with Gasteiger partial charge >= 0.3 is 0 Å². The van der Waals surface area contributed by atoms with Crippen LogP contribution in [0.25, 0.3) is 0 Å². The third-order valence-corrected chi connectivity index (χ3v) is 4.82. The summed E-state index contributed by atoms with van der Waals surface area (Å²) in [5, 5.41) is 3.08. The molecule has 0 bridgehead atoms. The van der Waals surface area contributed by atoms with Gasteiger partial charge in [-0.05, 0) is 61.8 Å². The lowest BCUT2D eigenvalue weighted by Crippen LogP contribution is -2.28. The van der Waals surface area contributed by atoms with E-state index in [4.69, 9.17) is 0 Å². The maximum absolute atomic E-state index is 12.5. The summed E-state index contributed by atoms with van der Waals surface area (Å²) >= 11 is 0. The maximum atomic E-state index is 12.5. The molecule has 4 heteroatoms. The number of rotatable bonds is 5. The topological polar surface area (TPSA) is 62.0 Å². The minimum atomic E-state index is -0.174. The molecule has 3 rings (SSSR count). The zero-order valence-electron chi connectivity index (χ0n) is 14.3. The number of hydrogen-bond acceptors (Lipinski definition) is 2. The number of nitrogens with one attached hydrogen (secondary N) is 2. The van der Waals surface area contributed by atoms with Crippen molar-refractivity contribution in [2.75, 3.05) is 0 Å². The average Bonchev–Trinajstić information content (AvgIpc) is 3.09. The molecule has 1 aliphatic rings. The molecular weight excluding hydrogens is 300 g/mol. The van der Waals surface area contributed by atoms with Crippen LogP contribution in [0.4, 0.5) is 0 Å². The van der Waals surface area contributed by atoms with Gasteiger partial charge in [-0.3, -0.25) is 9.59 Å². The van der Waals surface area contributed by atoms with Crippen molar-refractivity contribution in [1.29, 1.82) is 0 Å². The van der Waals surface area contributed by atoms with Gasteiger partial charge in [0.1, 0.15) is 5.69 Å². The number of ketones is 1. The molecule has 24 heavy (non-hydrogen) atoms. The number of H-pyrrole nitrogens is 1. The van der Waals surface area contributed by atoms with Gasteiger partial charge in [-0.15, -0.1) is 0 Å². The molecule has 1 heterocycles. The highest BCUT2D eigenvalue weighted by molar-refractivity contribution is 5.99. The molecule has 4 nitrogen and oxygen atoms in total. The highest BCUT2D eigenvalue weighted by Gasteiger charge is 2.18. The summed E-state index contributed by atoms with van der Waals surface area (Å²) in [6, 6.07) is 8.18. The van der Waals surface area contributed by atoms with E-state index in [0.717, 1.165) is 24.8 Å². The SMILES string of the molecule is CCC(NC(=O)c1cc(C(C)=O)c[nH]1)c1ccc2c(c1)CCCC2. The van der Waals surface area contributed by atoms with Crippen LogP contribution in [0.2, 0.25) is 0 Å². The van der Waals surface area contributed by atoms with Crippen LogP contribution in [-0.2, 0) is 12.8 Å². The molecule has 126 valence electrons. The number of fused-ring (bicyclic) bond motifs is 1. The number of amides is 1. The van der Waals surface area contributed by atoms with E-state index < -0.39 is 0 Å². The largest absolute Gasteiger partial charge is 0.356 e. The number of benzene rings is 1. The Labute approximate surface area is 142 Å². The third-order valence-electron chi connectivity index (χ3n) is 4.82. The normalized spacial score (nSPS) is 14.8. The number of Topliss-reactive ketones (excluding diaryl/α,β-unsaturated/α-hetero) is 1. The smallest absolute Gasteiger partial charge is 0.268 e. The zero-order chi connectivity index (χ0) is 17.1. The molecule has 0 saturated heterocycles. The molecular formula is C20H24N2O2. The number of aromatic amines is 1. The molecule has 2 N–H and O–H groups in total. The Morgan fingerprint density at radius 3 is 2.58 bits per heavy atom. The second kappa shape index (κ2) is 7.04. The van der Waals surface area contributed by atoms with Crippen molar-refractivity contribution in [3.63, 3.8) is 0 Å². The Kier molecular flexibility index (Phi) is 4.84. The van der Waals surface area contributed by atoms with Crippen LogP contribution in [0.5, 0.6) is 0 Å². The van der Waals surface area contributed by atoms with Gasteiger partial charge < -0.3 is 10.3 Å². The van der Waals surface area contributed by atoms with E-state index in [1.807, 2.05) is 0 Å². The van der Waals surface area contributed by atoms with Gasteiger partial charge in [-0.1, -0.05) is 25.1 Å². The molecule has 1 amide bonds. The van der Waals surface area contributed by atoms with Gasteiger partial charge in [-0.25, -0.2) is 0 Å². The minimum Gasteiger partial charge on any atom is -0.356 e. The third kappa shape index (κ3) is 3.42. The zero-order valence-corrected chi connectivity index (χ0v) is 14.3. The molecule has 1 atom stereocenters. The van der Waals surface area contributed by atoms with Gasteiger partial charge in [0, 0.05) is 11.8 Å². The van der Waals surface area contributed by atoms with Crippen molar-refractivity contribution in [2.45, 2.75) is 52.0 Å². The molecule has 1 unspecified atom stereocenters. The summed E-state index contributed by atoms with van der Waals surface area (Å²) in [6.45, 7) is 3.56. The number of carbonyl (C=O) groups excluding carboxylic acids is 2. The van der Waals surface area contributed by atoms with Gasteiger partial charge in [0.05, 0.1) is 6.04 Å². The van der Waals surface area contributed by atoms with Crippen LogP contribution in [0.1, 0.15) is 76.7 Å². The first-order chi connectivity index (χ1) is 11.6. The Morgan fingerprint density at radius 2 is 1.92 bits per heavy atom. The predicted octanol–water partition coefficient (Wildman–Crippen LogP) is 3.98. The van der Waals surface area contributed by atoms with E-state index in [0.29, 0.717) is 11.3 Å². The maximum Gasteiger partial charge on any atom is 0.268 e. The molecule has 0 radical (unpaired) electrons. The molecule has 1 aromatic carbocycles. The number of aromatic nitrogens is 1. The van der Waals surface area contributed by atoms with E-state index >= 15 is 0 Å². The minimum absolute atomic E-state index is 0.0196. The molecule has 0 fully saturated rings. The first kappa shape index (κ1) is 16.5. The van der Waals surface area contributed by atoms with E-state index in [-0.39, 0.29) is 17.7 Å². The molecule has 1 aromatic heterocycles. The van der Waals surface area contributed by atoms with Crippen LogP contribution >= 0.6 is 0 Å². The van der Waals surface area contributed by atoms with Crippen molar-refractivity contribution < 1.29 is 9.59 Å². The molecule has 0 spiro atoms. The van der Waals surface area contributed by atoms with Crippen LogP contribution in [0, 0.1) is 0 Å². The van der Waals surface area contributed by atoms with Crippen LogP contribution in [0.15, 0.2) is 30.5 Å². The van der Waals surface area contributed by atoms with E-state index in [1.54, 1.807) is 12.3 Å². The number of hydrogen-bond donors (Lipinski definition) is 2. The van der Waals surface area contributed by atoms with Gasteiger partial charge in [0.25, 0.3) is 5.91 Å². The van der Waals surface area contributed by atoms with Crippen molar-refractivity contribution in [1.82, 2.24) is 10.3 Å². The van der Waals surface area contributed by atoms with Crippen LogP contribution in [-0.4, -0.2) is 16.7 Å². The molecule has 2 aromatic rings. The highest BCUT2D eigenvalue weighted by Crippen LogP contribution is 2.26.